The maximum atomic E-state index is 5.89. The number of anilines is 2. The number of pyridine rings is 1. The van der Waals surface area contributed by atoms with Gasteiger partial charge in [-0.25, -0.2) is 4.98 Å². The molecule has 0 saturated carbocycles. The molecule has 20 heavy (non-hydrogen) atoms. The second-order valence-corrected chi connectivity index (χ2v) is 5.23. The molecule has 0 spiro atoms. The molecular formula is C16H18ClN3. The minimum atomic E-state index is 0.541. The predicted octanol–water partition coefficient (Wildman–Crippen LogP) is 3.15. The zero-order chi connectivity index (χ0) is 13.8. The van der Waals surface area contributed by atoms with Crippen LogP contribution >= 0.6 is 11.6 Å². The van der Waals surface area contributed by atoms with E-state index >= 15 is 0 Å². The summed E-state index contributed by atoms with van der Waals surface area (Å²) in [6.07, 6.45) is 1.84. The van der Waals surface area contributed by atoms with Gasteiger partial charge in [-0.15, -0.1) is 11.6 Å². The number of aromatic nitrogens is 1. The molecule has 1 aromatic carbocycles. The Morgan fingerprint density at radius 2 is 1.65 bits per heavy atom. The molecule has 0 unspecified atom stereocenters. The summed E-state index contributed by atoms with van der Waals surface area (Å²) >= 11 is 5.89. The van der Waals surface area contributed by atoms with Crippen molar-refractivity contribution >= 4 is 23.1 Å². The molecule has 0 aliphatic carbocycles. The highest BCUT2D eigenvalue weighted by molar-refractivity contribution is 6.17. The van der Waals surface area contributed by atoms with E-state index in [2.05, 4.69) is 51.2 Å². The lowest BCUT2D eigenvalue weighted by Gasteiger charge is -2.36. The fourth-order valence-corrected chi connectivity index (χ4v) is 2.72. The molecule has 0 N–H and O–H groups in total. The van der Waals surface area contributed by atoms with Crippen molar-refractivity contribution < 1.29 is 0 Å². The highest BCUT2D eigenvalue weighted by Crippen LogP contribution is 2.19. The number of halogens is 1. The maximum Gasteiger partial charge on any atom is 0.128 e. The number of nitrogens with zero attached hydrogens (tertiary/aromatic N) is 3. The van der Waals surface area contributed by atoms with Crippen LogP contribution < -0.4 is 9.80 Å². The van der Waals surface area contributed by atoms with Gasteiger partial charge < -0.3 is 9.80 Å². The van der Waals surface area contributed by atoms with E-state index in [0.29, 0.717) is 5.88 Å². The number of alkyl halides is 1. The molecule has 2 aromatic rings. The van der Waals surface area contributed by atoms with E-state index in [4.69, 9.17) is 11.6 Å². The minimum Gasteiger partial charge on any atom is -0.368 e. The van der Waals surface area contributed by atoms with E-state index in [1.54, 1.807) is 0 Å². The molecule has 1 aromatic heterocycles. The summed E-state index contributed by atoms with van der Waals surface area (Å²) in [5.41, 5.74) is 2.43. The van der Waals surface area contributed by atoms with Crippen LogP contribution in [0.3, 0.4) is 0 Å². The number of hydrogen-bond acceptors (Lipinski definition) is 3. The van der Waals surface area contributed by atoms with Crippen molar-refractivity contribution in [1.82, 2.24) is 4.98 Å². The highest BCUT2D eigenvalue weighted by atomic mass is 35.5. The van der Waals surface area contributed by atoms with Gasteiger partial charge in [0.1, 0.15) is 5.82 Å². The van der Waals surface area contributed by atoms with Gasteiger partial charge in [-0.2, -0.15) is 0 Å². The quantitative estimate of drug-likeness (QED) is 0.809. The first kappa shape index (κ1) is 13.3. The Bertz CT molecular complexity index is 551. The van der Waals surface area contributed by atoms with Gasteiger partial charge in [-0.05, 0) is 29.8 Å². The fourth-order valence-electron chi connectivity index (χ4n) is 2.55. The standard InChI is InChI=1S/C16H18ClN3/c17-13-14-6-7-18-16(12-14)20-10-8-19(9-11-20)15-4-2-1-3-5-15/h1-7,12H,8-11,13H2. The summed E-state index contributed by atoms with van der Waals surface area (Å²) < 4.78 is 0. The monoisotopic (exact) mass is 287 g/mol. The van der Waals surface area contributed by atoms with Gasteiger partial charge in [0.2, 0.25) is 0 Å². The SMILES string of the molecule is ClCc1ccnc(N2CCN(c3ccccc3)CC2)c1. The molecule has 1 aliphatic rings. The number of benzene rings is 1. The Kier molecular flexibility index (Phi) is 4.07. The summed E-state index contributed by atoms with van der Waals surface area (Å²) in [6, 6.07) is 14.6. The molecule has 2 heterocycles. The van der Waals surface area contributed by atoms with Gasteiger partial charge in [0.05, 0.1) is 0 Å². The number of piperazine rings is 1. The lowest BCUT2D eigenvalue weighted by molar-refractivity contribution is 0.647. The van der Waals surface area contributed by atoms with Crippen LogP contribution in [0.15, 0.2) is 48.7 Å². The zero-order valence-electron chi connectivity index (χ0n) is 11.4. The van der Waals surface area contributed by atoms with Gasteiger partial charge in [0, 0.05) is 43.9 Å². The van der Waals surface area contributed by atoms with E-state index in [1.165, 1.54) is 5.69 Å². The third-order valence-electron chi connectivity index (χ3n) is 3.69. The average molecular weight is 288 g/mol. The molecule has 1 saturated heterocycles. The molecule has 3 nitrogen and oxygen atoms in total. The second-order valence-electron chi connectivity index (χ2n) is 4.97. The lowest BCUT2D eigenvalue weighted by atomic mass is 10.2. The largest absolute Gasteiger partial charge is 0.368 e. The summed E-state index contributed by atoms with van der Waals surface area (Å²) in [4.78, 5) is 9.20. The maximum absolute atomic E-state index is 5.89. The average Bonchev–Trinajstić information content (AvgIpc) is 2.56. The Morgan fingerprint density at radius 1 is 0.950 bits per heavy atom. The topological polar surface area (TPSA) is 19.4 Å². The molecule has 0 amide bonds. The van der Waals surface area contributed by atoms with E-state index in [9.17, 15) is 0 Å². The van der Waals surface area contributed by atoms with Gasteiger partial charge in [0.25, 0.3) is 0 Å². The predicted molar refractivity (Wildman–Crippen MR) is 84.7 cm³/mol. The smallest absolute Gasteiger partial charge is 0.128 e. The van der Waals surface area contributed by atoms with Crippen LogP contribution in [0, 0.1) is 0 Å². The van der Waals surface area contributed by atoms with Crippen molar-refractivity contribution in [3.05, 3.63) is 54.2 Å². The Labute approximate surface area is 124 Å². The molecule has 104 valence electrons. The third kappa shape index (κ3) is 2.88. The van der Waals surface area contributed by atoms with Crippen molar-refractivity contribution in [1.29, 1.82) is 0 Å². The molecular weight excluding hydrogens is 270 g/mol. The third-order valence-corrected chi connectivity index (χ3v) is 4.00. The summed E-state index contributed by atoms with van der Waals surface area (Å²) in [6.45, 7) is 4.04. The van der Waals surface area contributed by atoms with Gasteiger partial charge in [-0.1, -0.05) is 18.2 Å². The van der Waals surface area contributed by atoms with Crippen molar-refractivity contribution in [3.63, 3.8) is 0 Å². The van der Waals surface area contributed by atoms with Crippen molar-refractivity contribution in [2.75, 3.05) is 36.0 Å². The van der Waals surface area contributed by atoms with Crippen LogP contribution in [-0.2, 0) is 5.88 Å². The normalized spacial score (nSPS) is 15.4. The van der Waals surface area contributed by atoms with E-state index in [-0.39, 0.29) is 0 Å². The number of para-hydroxylation sites is 1. The van der Waals surface area contributed by atoms with Crippen molar-refractivity contribution in [2.45, 2.75) is 5.88 Å². The van der Waals surface area contributed by atoms with E-state index in [0.717, 1.165) is 37.6 Å². The Morgan fingerprint density at radius 3 is 2.35 bits per heavy atom. The zero-order valence-corrected chi connectivity index (χ0v) is 12.1. The molecule has 1 aliphatic heterocycles. The Balaban J connectivity index is 1.66. The molecule has 0 bridgehead atoms. The highest BCUT2D eigenvalue weighted by Gasteiger charge is 2.18. The first-order chi connectivity index (χ1) is 9.86. The Hall–Kier alpha value is -1.74. The molecule has 0 radical (unpaired) electrons. The van der Waals surface area contributed by atoms with Crippen LogP contribution in [0.4, 0.5) is 11.5 Å². The van der Waals surface area contributed by atoms with Crippen LogP contribution in [0.1, 0.15) is 5.56 Å². The fraction of sp³-hybridized carbons (Fsp3) is 0.312. The molecule has 0 atom stereocenters. The van der Waals surface area contributed by atoms with Crippen molar-refractivity contribution in [2.24, 2.45) is 0 Å². The van der Waals surface area contributed by atoms with Gasteiger partial charge >= 0.3 is 0 Å². The minimum absolute atomic E-state index is 0.541. The number of rotatable bonds is 3. The van der Waals surface area contributed by atoms with Crippen LogP contribution in [-0.4, -0.2) is 31.2 Å². The van der Waals surface area contributed by atoms with E-state index < -0.39 is 0 Å². The van der Waals surface area contributed by atoms with Gasteiger partial charge in [0.15, 0.2) is 0 Å². The molecule has 4 heteroatoms. The van der Waals surface area contributed by atoms with Gasteiger partial charge in [-0.3, -0.25) is 0 Å². The van der Waals surface area contributed by atoms with Crippen LogP contribution in [0.25, 0.3) is 0 Å². The first-order valence-electron chi connectivity index (χ1n) is 6.92. The van der Waals surface area contributed by atoms with Crippen molar-refractivity contribution in [3.8, 4) is 0 Å². The molecule has 3 rings (SSSR count). The summed E-state index contributed by atoms with van der Waals surface area (Å²) in [7, 11) is 0. The second kappa shape index (κ2) is 6.14. The summed E-state index contributed by atoms with van der Waals surface area (Å²) in [5.74, 6) is 1.58. The summed E-state index contributed by atoms with van der Waals surface area (Å²) in [5, 5.41) is 0. The number of hydrogen-bond donors (Lipinski definition) is 0. The molecule has 1 fully saturated rings. The van der Waals surface area contributed by atoms with Crippen LogP contribution in [0.5, 0.6) is 0 Å². The van der Waals surface area contributed by atoms with Crippen LogP contribution in [0.2, 0.25) is 0 Å². The first-order valence-corrected chi connectivity index (χ1v) is 7.46. The lowest BCUT2D eigenvalue weighted by Crippen LogP contribution is -2.46. The van der Waals surface area contributed by atoms with E-state index in [1.807, 2.05) is 12.3 Å².